The lowest BCUT2D eigenvalue weighted by Gasteiger charge is -2.12. The third-order valence-electron chi connectivity index (χ3n) is 2.10. The summed E-state index contributed by atoms with van der Waals surface area (Å²) in [4.78, 5) is 3.61. The van der Waals surface area contributed by atoms with Gasteiger partial charge in [0.2, 0.25) is 5.88 Å². The van der Waals surface area contributed by atoms with Gasteiger partial charge >= 0.3 is 6.18 Å². The second-order valence-electron chi connectivity index (χ2n) is 3.41. The highest BCUT2D eigenvalue weighted by molar-refractivity contribution is 9.10. The van der Waals surface area contributed by atoms with Crippen molar-refractivity contribution in [2.75, 3.05) is 0 Å². The first-order valence-electron chi connectivity index (χ1n) is 4.92. The molecule has 0 bridgehead atoms. The molecular formula is C12H7BrF3NO. The number of benzene rings is 1. The monoisotopic (exact) mass is 317 g/mol. The molecule has 2 rings (SSSR count). The maximum Gasteiger partial charge on any atom is 0.421 e. The van der Waals surface area contributed by atoms with Gasteiger partial charge in [-0.05, 0) is 36.4 Å². The highest BCUT2D eigenvalue weighted by Crippen LogP contribution is 2.36. The van der Waals surface area contributed by atoms with Crippen LogP contribution in [0, 0.1) is 0 Å². The van der Waals surface area contributed by atoms with E-state index in [2.05, 4.69) is 20.9 Å². The second kappa shape index (κ2) is 4.97. The standard InChI is InChI=1S/C12H7BrF3NO/c13-8-3-5-9(6-4-8)18-11-10(12(14,15)16)2-1-7-17-11/h1-7H. The van der Waals surface area contributed by atoms with E-state index in [4.69, 9.17) is 4.74 Å². The van der Waals surface area contributed by atoms with Crippen LogP contribution < -0.4 is 4.74 Å². The summed E-state index contributed by atoms with van der Waals surface area (Å²) >= 11 is 3.23. The molecule has 1 aromatic heterocycles. The Balaban J connectivity index is 2.32. The Morgan fingerprint density at radius 2 is 1.72 bits per heavy atom. The van der Waals surface area contributed by atoms with Gasteiger partial charge in [-0.3, -0.25) is 0 Å². The lowest BCUT2D eigenvalue weighted by molar-refractivity contribution is -0.138. The molecule has 6 heteroatoms. The molecule has 0 aliphatic heterocycles. The van der Waals surface area contributed by atoms with Gasteiger partial charge in [0.05, 0.1) is 0 Å². The number of hydrogen-bond donors (Lipinski definition) is 0. The average molecular weight is 318 g/mol. The van der Waals surface area contributed by atoms with Gasteiger partial charge in [-0.15, -0.1) is 0 Å². The zero-order valence-electron chi connectivity index (χ0n) is 8.91. The Morgan fingerprint density at radius 1 is 1.06 bits per heavy atom. The summed E-state index contributed by atoms with van der Waals surface area (Å²) in [6, 6.07) is 8.60. The topological polar surface area (TPSA) is 22.1 Å². The van der Waals surface area contributed by atoms with Gasteiger partial charge in [-0.2, -0.15) is 13.2 Å². The predicted molar refractivity (Wildman–Crippen MR) is 63.5 cm³/mol. The first kappa shape index (κ1) is 12.9. The largest absolute Gasteiger partial charge is 0.438 e. The molecule has 0 N–H and O–H groups in total. The summed E-state index contributed by atoms with van der Waals surface area (Å²) < 4.78 is 44.0. The van der Waals surface area contributed by atoms with Crippen molar-refractivity contribution in [2.45, 2.75) is 6.18 Å². The van der Waals surface area contributed by atoms with Crippen LogP contribution in [-0.2, 0) is 6.18 Å². The maximum absolute atomic E-state index is 12.7. The van der Waals surface area contributed by atoms with Crippen LogP contribution in [0.1, 0.15) is 5.56 Å². The number of aromatic nitrogens is 1. The Kier molecular flexibility index (Phi) is 3.56. The Bertz CT molecular complexity index is 540. The van der Waals surface area contributed by atoms with E-state index >= 15 is 0 Å². The lowest BCUT2D eigenvalue weighted by atomic mass is 10.2. The van der Waals surface area contributed by atoms with Crippen LogP contribution in [-0.4, -0.2) is 4.98 Å². The Morgan fingerprint density at radius 3 is 2.33 bits per heavy atom. The number of halogens is 4. The fourth-order valence-electron chi connectivity index (χ4n) is 1.30. The molecule has 1 heterocycles. The van der Waals surface area contributed by atoms with Crippen LogP contribution in [0.5, 0.6) is 11.6 Å². The minimum Gasteiger partial charge on any atom is -0.438 e. The number of hydrogen-bond acceptors (Lipinski definition) is 2. The van der Waals surface area contributed by atoms with Crippen molar-refractivity contribution < 1.29 is 17.9 Å². The molecular weight excluding hydrogens is 311 g/mol. The third kappa shape index (κ3) is 3.01. The number of pyridine rings is 1. The molecule has 0 spiro atoms. The summed E-state index contributed by atoms with van der Waals surface area (Å²) in [7, 11) is 0. The van der Waals surface area contributed by atoms with Crippen LogP contribution in [0.2, 0.25) is 0 Å². The molecule has 0 saturated carbocycles. The second-order valence-corrected chi connectivity index (χ2v) is 4.33. The number of ether oxygens (including phenoxy) is 1. The van der Waals surface area contributed by atoms with E-state index in [-0.39, 0.29) is 0 Å². The molecule has 18 heavy (non-hydrogen) atoms. The molecule has 0 saturated heterocycles. The van der Waals surface area contributed by atoms with Crippen LogP contribution in [0.4, 0.5) is 13.2 Å². The normalized spacial score (nSPS) is 11.3. The quantitative estimate of drug-likeness (QED) is 0.804. The van der Waals surface area contributed by atoms with Crippen molar-refractivity contribution in [2.24, 2.45) is 0 Å². The number of alkyl halides is 3. The van der Waals surface area contributed by atoms with Gasteiger partial charge in [0.1, 0.15) is 11.3 Å². The van der Waals surface area contributed by atoms with Crippen molar-refractivity contribution in [3.05, 3.63) is 52.6 Å². The van der Waals surface area contributed by atoms with Gasteiger partial charge in [0.25, 0.3) is 0 Å². The molecule has 0 fully saturated rings. The van der Waals surface area contributed by atoms with E-state index in [1.807, 2.05) is 0 Å². The predicted octanol–water partition coefficient (Wildman–Crippen LogP) is 4.66. The molecule has 2 aromatic rings. The van der Waals surface area contributed by atoms with Crippen molar-refractivity contribution in [3.63, 3.8) is 0 Å². The SMILES string of the molecule is FC(F)(F)c1cccnc1Oc1ccc(Br)cc1. The molecule has 0 aliphatic rings. The molecule has 0 amide bonds. The average Bonchev–Trinajstić information content (AvgIpc) is 2.31. The minimum atomic E-state index is -4.49. The highest BCUT2D eigenvalue weighted by Gasteiger charge is 2.35. The molecule has 0 radical (unpaired) electrons. The van der Waals surface area contributed by atoms with E-state index < -0.39 is 17.6 Å². The molecule has 0 atom stereocenters. The van der Waals surface area contributed by atoms with Crippen molar-refractivity contribution in [3.8, 4) is 11.6 Å². The smallest absolute Gasteiger partial charge is 0.421 e. The van der Waals surface area contributed by atoms with E-state index in [1.165, 1.54) is 12.3 Å². The first-order chi connectivity index (χ1) is 8.47. The number of rotatable bonds is 2. The fraction of sp³-hybridized carbons (Fsp3) is 0.0833. The molecule has 1 aromatic carbocycles. The molecule has 2 nitrogen and oxygen atoms in total. The fourth-order valence-corrected chi connectivity index (χ4v) is 1.57. The van der Waals surface area contributed by atoms with Gasteiger partial charge in [0, 0.05) is 10.7 Å². The summed E-state index contributed by atoms with van der Waals surface area (Å²) in [6.45, 7) is 0. The molecule has 94 valence electrons. The van der Waals surface area contributed by atoms with Crippen LogP contribution in [0.15, 0.2) is 47.1 Å². The first-order valence-corrected chi connectivity index (χ1v) is 5.72. The van der Waals surface area contributed by atoms with E-state index in [0.717, 1.165) is 10.5 Å². The Labute approximate surface area is 110 Å². The summed E-state index contributed by atoms with van der Waals surface area (Å²) in [5.74, 6) is -0.158. The highest BCUT2D eigenvalue weighted by atomic mass is 79.9. The molecule has 0 aliphatic carbocycles. The summed E-state index contributed by atoms with van der Waals surface area (Å²) in [5, 5.41) is 0. The third-order valence-corrected chi connectivity index (χ3v) is 2.63. The van der Waals surface area contributed by atoms with Crippen molar-refractivity contribution >= 4 is 15.9 Å². The van der Waals surface area contributed by atoms with Crippen molar-refractivity contribution in [1.82, 2.24) is 4.98 Å². The minimum absolute atomic E-state index is 0.294. The van der Waals surface area contributed by atoms with E-state index in [1.54, 1.807) is 24.3 Å². The van der Waals surface area contributed by atoms with Gasteiger partial charge in [-0.1, -0.05) is 15.9 Å². The van der Waals surface area contributed by atoms with Crippen LogP contribution in [0.25, 0.3) is 0 Å². The van der Waals surface area contributed by atoms with E-state index in [0.29, 0.717) is 5.75 Å². The maximum atomic E-state index is 12.7. The number of nitrogens with zero attached hydrogens (tertiary/aromatic N) is 1. The zero-order valence-corrected chi connectivity index (χ0v) is 10.5. The van der Waals surface area contributed by atoms with Gasteiger partial charge in [0.15, 0.2) is 0 Å². The van der Waals surface area contributed by atoms with Crippen LogP contribution in [0.3, 0.4) is 0 Å². The lowest BCUT2D eigenvalue weighted by Crippen LogP contribution is -2.08. The Hall–Kier alpha value is -1.56. The summed E-state index contributed by atoms with van der Waals surface area (Å²) in [5.41, 5.74) is -0.895. The van der Waals surface area contributed by atoms with Crippen molar-refractivity contribution in [1.29, 1.82) is 0 Å². The van der Waals surface area contributed by atoms with Gasteiger partial charge < -0.3 is 4.74 Å². The van der Waals surface area contributed by atoms with Gasteiger partial charge in [-0.25, -0.2) is 4.98 Å². The van der Waals surface area contributed by atoms with Crippen LogP contribution >= 0.6 is 15.9 Å². The summed E-state index contributed by atoms with van der Waals surface area (Å²) in [6.07, 6.45) is -3.23. The molecule has 0 unspecified atom stereocenters. The van der Waals surface area contributed by atoms with E-state index in [9.17, 15) is 13.2 Å². The zero-order chi connectivity index (χ0) is 13.2.